The third kappa shape index (κ3) is 2.59. The van der Waals surface area contributed by atoms with E-state index in [1.807, 2.05) is 24.3 Å². The van der Waals surface area contributed by atoms with E-state index in [4.69, 9.17) is 4.74 Å². The quantitative estimate of drug-likeness (QED) is 0.911. The minimum Gasteiger partial charge on any atom is -0.376 e. The van der Waals surface area contributed by atoms with Crippen molar-refractivity contribution in [2.24, 2.45) is 0 Å². The summed E-state index contributed by atoms with van der Waals surface area (Å²) in [5.74, 6) is -0.0294. The molecule has 2 N–H and O–H groups in total. The van der Waals surface area contributed by atoms with Gasteiger partial charge in [-0.3, -0.25) is 4.79 Å². The van der Waals surface area contributed by atoms with E-state index in [9.17, 15) is 4.79 Å². The van der Waals surface area contributed by atoms with Gasteiger partial charge in [0.05, 0.1) is 11.7 Å². The Morgan fingerprint density at radius 1 is 1.25 bits per heavy atom. The fraction of sp³-hybridized carbons (Fsp3) is 0.421. The first kappa shape index (κ1) is 15.3. The molecule has 0 bridgehead atoms. The Bertz CT molecular complexity index is 775. The van der Waals surface area contributed by atoms with Crippen LogP contribution in [-0.2, 0) is 11.3 Å². The molecule has 2 unspecified atom stereocenters. The van der Waals surface area contributed by atoms with Crippen molar-refractivity contribution in [1.82, 2.24) is 9.88 Å². The predicted octanol–water partition coefficient (Wildman–Crippen LogP) is 3.14. The number of aromatic nitrogens is 1. The summed E-state index contributed by atoms with van der Waals surface area (Å²) < 4.78 is 8.08. The molecule has 1 amide bonds. The van der Waals surface area contributed by atoms with Crippen LogP contribution in [0, 0.1) is 13.8 Å². The number of amides is 1. The molecule has 4 rings (SSSR count). The molecule has 2 aromatic rings. The van der Waals surface area contributed by atoms with E-state index in [-0.39, 0.29) is 12.1 Å². The summed E-state index contributed by atoms with van der Waals surface area (Å²) >= 11 is 0. The van der Waals surface area contributed by atoms with Gasteiger partial charge < -0.3 is 19.9 Å². The molecule has 0 aliphatic carbocycles. The zero-order valence-corrected chi connectivity index (χ0v) is 14.1. The summed E-state index contributed by atoms with van der Waals surface area (Å²) in [4.78, 5) is 12.4. The fourth-order valence-corrected chi connectivity index (χ4v) is 3.76. The average molecular weight is 325 g/mol. The number of fused-ring (bicyclic) bond motifs is 1. The van der Waals surface area contributed by atoms with Gasteiger partial charge in [-0.15, -0.1) is 0 Å². The van der Waals surface area contributed by atoms with Gasteiger partial charge in [-0.05, 0) is 44.9 Å². The standard InChI is InChI=1S/C19H23N3O2/c1-12-10-16(13(2)22(12)11-14-6-5-9-24-14)18-20-17-8-4-3-7-15(17)19(23)21-18/h3-4,7-8,10,14,18,20H,5-6,9,11H2,1-2H3,(H,21,23). The number of hydrogen-bond donors (Lipinski definition) is 2. The molecule has 24 heavy (non-hydrogen) atoms. The largest absolute Gasteiger partial charge is 0.376 e. The maximum absolute atomic E-state index is 12.4. The Labute approximate surface area is 142 Å². The lowest BCUT2D eigenvalue weighted by Crippen LogP contribution is -2.38. The molecule has 2 aliphatic heterocycles. The van der Waals surface area contributed by atoms with Gasteiger partial charge in [-0.25, -0.2) is 0 Å². The van der Waals surface area contributed by atoms with Crippen LogP contribution in [0.25, 0.3) is 0 Å². The van der Waals surface area contributed by atoms with Gasteiger partial charge in [0.2, 0.25) is 0 Å². The second-order valence-corrected chi connectivity index (χ2v) is 6.67. The molecule has 126 valence electrons. The van der Waals surface area contributed by atoms with E-state index in [1.54, 1.807) is 0 Å². The van der Waals surface area contributed by atoms with Gasteiger partial charge >= 0.3 is 0 Å². The van der Waals surface area contributed by atoms with E-state index in [0.29, 0.717) is 11.7 Å². The van der Waals surface area contributed by atoms with Gasteiger partial charge in [0.25, 0.3) is 5.91 Å². The van der Waals surface area contributed by atoms with Crippen LogP contribution in [-0.4, -0.2) is 23.2 Å². The normalized spacial score (nSPS) is 22.8. The molecule has 1 aromatic carbocycles. The molecule has 1 saturated heterocycles. The van der Waals surface area contributed by atoms with Crippen molar-refractivity contribution in [3.63, 3.8) is 0 Å². The maximum Gasteiger partial charge on any atom is 0.255 e. The third-order valence-electron chi connectivity index (χ3n) is 5.08. The van der Waals surface area contributed by atoms with Gasteiger partial charge in [0.1, 0.15) is 6.17 Å². The highest BCUT2D eigenvalue weighted by molar-refractivity contribution is 6.01. The third-order valence-corrected chi connectivity index (χ3v) is 5.08. The Kier molecular flexibility index (Phi) is 3.81. The summed E-state index contributed by atoms with van der Waals surface area (Å²) in [5, 5.41) is 6.51. The number of carbonyl (C=O) groups is 1. The highest BCUT2D eigenvalue weighted by Gasteiger charge is 2.27. The monoisotopic (exact) mass is 325 g/mol. The predicted molar refractivity (Wildman–Crippen MR) is 93.2 cm³/mol. The minimum absolute atomic E-state index is 0.0294. The lowest BCUT2D eigenvalue weighted by Gasteiger charge is -2.28. The number of nitrogens with zero attached hydrogens (tertiary/aromatic N) is 1. The molecule has 1 fully saturated rings. The lowest BCUT2D eigenvalue weighted by molar-refractivity contribution is 0.0933. The first-order chi connectivity index (χ1) is 11.6. The Morgan fingerprint density at radius 2 is 2.08 bits per heavy atom. The second-order valence-electron chi connectivity index (χ2n) is 6.67. The number of ether oxygens (including phenoxy) is 1. The average Bonchev–Trinajstić information content (AvgIpc) is 3.18. The number of benzene rings is 1. The van der Waals surface area contributed by atoms with E-state index < -0.39 is 0 Å². The zero-order chi connectivity index (χ0) is 16.7. The first-order valence-electron chi connectivity index (χ1n) is 8.58. The molecule has 5 nitrogen and oxygen atoms in total. The Hall–Kier alpha value is -2.27. The Morgan fingerprint density at radius 3 is 2.88 bits per heavy atom. The molecule has 1 aromatic heterocycles. The van der Waals surface area contributed by atoms with E-state index in [1.165, 1.54) is 11.4 Å². The van der Waals surface area contributed by atoms with Crippen LogP contribution in [0.15, 0.2) is 30.3 Å². The van der Waals surface area contributed by atoms with Crippen LogP contribution in [0.4, 0.5) is 5.69 Å². The van der Waals surface area contributed by atoms with Crippen LogP contribution < -0.4 is 10.6 Å². The van der Waals surface area contributed by atoms with Gasteiger partial charge in [-0.1, -0.05) is 12.1 Å². The maximum atomic E-state index is 12.4. The lowest BCUT2D eigenvalue weighted by atomic mass is 10.1. The minimum atomic E-state index is -0.197. The van der Waals surface area contributed by atoms with E-state index in [2.05, 4.69) is 35.1 Å². The van der Waals surface area contributed by atoms with Crippen molar-refractivity contribution in [3.05, 3.63) is 52.8 Å². The molecular formula is C19H23N3O2. The van der Waals surface area contributed by atoms with Crippen molar-refractivity contribution in [3.8, 4) is 0 Å². The van der Waals surface area contributed by atoms with Crippen molar-refractivity contribution < 1.29 is 9.53 Å². The first-order valence-corrected chi connectivity index (χ1v) is 8.58. The highest BCUT2D eigenvalue weighted by Crippen LogP contribution is 2.30. The summed E-state index contributed by atoms with van der Waals surface area (Å²) in [5.41, 5.74) is 5.08. The zero-order valence-electron chi connectivity index (χ0n) is 14.1. The topological polar surface area (TPSA) is 55.3 Å². The van der Waals surface area contributed by atoms with E-state index in [0.717, 1.165) is 37.2 Å². The number of aryl methyl sites for hydroxylation is 1. The molecule has 2 atom stereocenters. The fourth-order valence-electron chi connectivity index (χ4n) is 3.76. The number of anilines is 1. The molecule has 0 saturated carbocycles. The molecule has 3 heterocycles. The number of carbonyl (C=O) groups excluding carboxylic acids is 1. The van der Waals surface area contributed by atoms with Crippen molar-refractivity contribution >= 4 is 11.6 Å². The number of nitrogens with one attached hydrogen (secondary N) is 2. The summed E-state index contributed by atoms with van der Waals surface area (Å²) in [7, 11) is 0. The second kappa shape index (κ2) is 5.98. The molecular weight excluding hydrogens is 302 g/mol. The number of rotatable bonds is 3. The molecule has 2 aliphatic rings. The van der Waals surface area contributed by atoms with Crippen molar-refractivity contribution in [2.45, 2.75) is 45.5 Å². The van der Waals surface area contributed by atoms with Crippen LogP contribution in [0.2, 0.25) is 0 Å². The van der Waals surface area contributed by atoms with Gasteiger partial charge in [0.15, 0.2) is 0 Å². The molecule has 5 heteroatoms. The summed E-state index contributed by atoms with van der Waals surface area (Å²) in [6.07, 6.45) is 2.38. The van der Waals surface area contributed by atoms with Gasteiger partial charge in [0, 0.05) is 35.8 Å². The van der Waals surface area contributed by atoms with Crippen LogP contribution in [0.1, 0.15) is 46.3 Å². The van der Waals surface area contributed by atoms with E-state index >= 15 is 0 Å². The van der Waals surface area contributed by atoms with Crippen molar-refractivity contribution in [1.29, 1.82) is 0 Å². The van der Waals surface area contributed by atoms with Crippen LogP contribution >= 0.6 is 0 Å². The van der Waals surface area contributed by atoms with Crippen LogP contribution in [0.3, 0.4) is 0 Å². The van der Waals surface area contributed by atoms with Crippen molar-refractivity contribution in [2.75, 3.05) is 11.9 Å². The summed E-state index contributed by atoms with van der Waals surface area (Å²) in [6.45, 7) is 5.98. The SMILES string of the molecule is Cc1cc(C2NC(=O)c3ccccc3N2)c(C)n1CC1CCCO1. The molecule has 0 radical (unpaired) electrons. The highest BCUT2D eigenvalue weighted by atomic mass is 16.5. The number of hydrogen-bond acceptors (Lipinski definition) is 3. The smallest absolute Gasteiger partial charge is 0.255 e. The van der Waals surface area contributed by atoms with Crippen LogP contribution in [0.5, 0.6) is 0 Å². The Balaban J connectivity index is 1.62. The molecule has 0 spiro atoms. The number of para-hydroxylation sites is 1. The summed E-state index contributed by atoms with van der Waals surface area (Å²) in [6, 6.07) is 9.79. The van der Waals surface area contributed by atoms with Gasteiger partial charge in [-0.2, -0.15) is 0 Å².